The van der Waals surface area contributed by atoms with Crippen molar-refractivity contribution in [2.45, 2.75) is 13.8 Å². The molecule has 2 aromatic rings. The van der Waals surface area contributed by atoms with Crippen molar-refractivity contribution >= 4 is 17.8 Å². The van der Waals surface area contributed by atoms with E-state index in [1.807, 2.05) is 0 Å². The van der Waals surface area contributed by atoms with Gasteiger partial charge in [0, 0.05) is 0 Å². The van der Waals surface area contributed by atoms with Crippen molar-refractivity contribution in [2.75, 3.05) is 11.9 Å². The van der Waals surface area contributed by atoms with E-state index in [9.17, 15) is 22.8 Å². The van der Waals surface area contributed by atoms with Crippen molar-refractivity contribution in [3.8, 4) is 0 Å². The fraction of sp³-hybridized carbons (Fsp3) is 0.214. The molecule has 0 spiro atoms. The van der Waals surface area contributed by atoms with Crippen LogP contribution in [-0.4, -0.2) is 23.6 Å². The number of rotatable bonds is 4. The lowest BCUT2D eigenvalue weighted by Crippen LogP contribution is -2.17. The molecule has 2 rings (SSSR count). The smallest absolute Gasteiger partial charge is 0.345 e. The van der Waals surface area contributed by atoms with Gasteiger partial charge in [-0.15, -0.1) is 0 Å². The number of anilines is 1. The van der Waals surface area contributed by atoms with Crippen molar-refractivity contribution < 1.29 is 32.0 Å². The van der Waals surface area contributed by atoms with E-state index in [0.717, 1.165) is 6.07 Å². The third kappa shape index (κ3) is 3.17. The highest BCUT2D eigenvalue weighted by Crippen LogP contribution is 2.22. The Labute approximate surface area is 128 Å². The van der Waals surface area contributed by atoms with Gasteiger partial charge < -0.3 is 9.26 Å². The summed E-state index contributed by atoms with van der Waals surface area (Å²) in [6.07, 6.45) is 0. The zero-order valence-electron chi connectivity index (χ0n) is 12.1. The maximum Gasteiger partial charge on any atom is 0.345 e. The molecule has 0 fully saturated rings. The van der Waals surface area contributed by atoms with Crippen LogP contribution in [0, 0.1) is 24.4 Å². The first-order chi connectivity index (χ1) is 10.9. The van der Waals surface area contributed by atoms with Crippen LogP contribution in [0.15, 0.2) is 16.7 Å². The second kappa shape index (κ2) is 6.51. The molecule has 0 aliphatic carbocycles. The maximum absolute atomic E-state index is 13.6. The molecule has 0 radical (unpaired) electrons. The van der Waals surface area contributed by atoms with E-state index in [4.69, 9.17) is 9.26 Å². The van der Waals surface area contributed by atoms with Gasteiger partial charge >= 0.3 is 5.97 Å². The van der Waals surface area contributed by atoms with Crippen LogP contribution in [0.5, 0.6) is 0 Å². The van der Waals surface area contributed by atoms with Crippen LogP contribution >= 0.6 is 0 Å². The largest absolute Gasteiger partial charge is 0.462 e. The number of amides is 1. The van der Waals surface area contributed by atoms with Crippen LogP contribution < -0.4 is 5.32 Å². The Morgan fingerprint density at radius 1 is 1.26 bits per heavy atom. The third-order valence-electron chi connectivity index (χ3n) is 2.85. The molecule has 6 nitrogen and oxygen atoms in total. The van der Waals surface area contributed by atoms with Gasteiger partial charge in [0.1, 0.15) is 5.56 Å². The molecule has 23 heavy (non-hydrogen) atoms. The molecular weight excluding hydrogens is 317 g/mol. The molecule has 1 aromatic carbocycles. The second-order valence-corrected chi connectivity index (χ2v) is 4.37. The molecule has 0 bridgehead atoms. The summed E-state index contributed by atoms with van der Waals surface area (Å²) in [6.45, 7) is 3.09. The van der Waals surface area contributed by atoms with Crippen LogP contribution in [0.3, 0.4) is 0 Å². The number of halogens is 3. The second-order valence-electron chi connectivity index (χ2n) is 4.37. The van der Waals surface area contributed by atoms with Crippen LogP contribution in [0.4, 0.5) is 19.1 Å². The molecule has 0 aliphatic rings. The highest BCUT2D eigenvalue weighted by atomic mass is 19.2. The van der Waals surface area contributed by atoms with Gasteiger partial charge in [-0.05, 0) is 26.0 Å². The quantitative estimate of drug-likeness (QED) is 0.689. The van der Waals surface area contributed by atoms with Gasteiger partial charge in [-0.25, -0.2) is 18.0 Å². The Bertz CT molecular complexity index is 774. The summed E-state index contributed by atoms with van der Waals surface area (Å²) in [7, 11) is 0. The van der Waals surface area contributed by atoms with Crippen LogP contribution in [0.25, 0.3) is 0 Å². The molecule has 0 saturated carbocycles. The third-order valence-corrected chi connectivity index (χ3v) is 2.85. The average Bonchev–Trinajstić information content (AvgIpc) is 2.85. The average molecular weight is 328 g/mol. The van der Waals surface area contributed by atoms with Gasteiger partial charge in [-0.3, -0.25) is 10.1 Å². The van der Waals surface area contributed by atoms with E-state index in [1.165, 1.54) is 6.92 Å². The minimum absolute atomic E-state index is 0.0780. The van der Waals surface area contributed by atoms with Gasteiger partial charge in [0.15, 0.2) is 17.5 Å². The molecular formula is C14H11F3N2O4. The van der Waals surface area contributed by atoms with E-state index in [-0.39, 0.29) is 23.7 Å². The zero-order valence-corrected chi connectivity index (χ0v) is 12.1. The van der Waals surface area contributed by atoms with Gasteiger partial charge in [-0.1, -0.05) is 5.16 Å². The molecule has 9 heteroatoms. The topological polar surface area (TPSA) is 81.4 Å². The summed E-state index contributed by atoms with van der Waals surface area (Å²) in [5.74, 6) is -7.18. The molecule has 0 saturated heterocycles. The van der Waals surface area contributed by atoms with E-state index in [0.29, 0.717) is 6.07 Å². The standard InChI is InChI=1S/C14H11F3N2O4/c1-3-22-14(21)9-6(2)19-23-13(9)18-12(20)7-4-5-8(15)11(17)10(7)16/h4-5H,3H2,1-2H3,(H,18,20). The lowest BCUT2D eigenvalue weighted by molar-refractivity contribution is 0.0526. The van der Waals surface area contributed by atoms with Crippen molar-refractivity contribution in [3.05, 3.63) is 46.4 Å². The Kier molecular flexibility index (Phi) is 4.68. The van der Waals surface area contributed by atoms with E-state index in [1.54, 1.807) is 6.92 Å². The Balaban J connectivity index is 2.32. The van der Waals surface area contributed by atoms with Crippen molar-refractivity contribution in [2.24, 2.45) is 0 Å². The number of benzene rings is 1. The Morgan fingerprint density at radius 2 is 1.96 bits per heavy atom. The Hall–Kier alpha value is -2.84. The van der Waals surface area contributed by atoms with Crippen LogP contribution in [-0.2, 0) is 4.74 Å². The van der Waals surface area contributed by atoms with Gasteiger partial charge in [0.25, 0.3) is 5.91 Å². The molecule has 0 atom stereocenters. The van der Waals surface area contributed by atoms with Crippen molar-refractivity contribution in [1.29, 1.82) is 0 Å². The first-order valence-electron chi connectivity index (χ1n) is 6.45. The van der Waals surface area contributed by atoms with E-state index < -0.39 is 34.9 Å². The van der Waals surface area contributed by atoms with Crippen LogP contribution in [0.2, 0.25) is 0 Å². The summed E-state index contributed by atoms with van der Waals surface area (Å²) in [5.41, 5.74) is -0.763. The lowest BCUT2D eigenvalue weighted by atomic mass is 10.1. The van der Waals surface area contributed by atoms with Gasteiger partial charge in [-0.2, -0.15) is 0 Å². The van der Waals surface area contributed by atoms with E-state index >= 15 is 0 Å². The predicted molar refractivity (Wildman–Crippen MR) is 71.5 cm³/mol. The van der Waals surface area contributed by atoms with Crippen molar-refractivity contribution in [1.82, 2.24) is 5.16 Å². The zero-order chi connectivity index (χ0) is 17.1. The number of hydrogen-bond donors (Lipinski definition) is 1. The first-order valence-corrected chi connectivity index (χ1v) is 6.45. The van der Waals surface area contributed by atoms with Gasteiger partial charge in [0.05, 0.1) is 17.9 Å². The fourth-order valence-corrected chi connectivity index (χ4v) is 1.77. The first kappa shape index (κ1) is 16.5. The molecule has 1 amide bonds. The summed E-state index contributed by atoms with van der Waals surface area (Å²) < 4.78 is 49.2. The lowest BCUT2D eigenvalue weighted by Gasteiger charge is -2.06. The van der Waals surface area contributed by atoms with Crippen molar-refractivity contribution in [3.63, 3.8) is 0 Å². The number of aryl methyl sites for hydroxylation is 1. The van der Waals surface area contributed by atoms with Crippen LogP contribution in [0.1, 0.15) is 33.3 Å². The summed E-state index contributed by atoms with van der Waals surface area (Å²) >= 11 is 0. The molecule has 1 heterocycles. The Morgan fingerprint density at radius 3 is 2.61 bits per heavy atom. The maximum atomic E-state index is 13.6. The number of aromatic nitrogens is 1. The minimum atomic E-state index is -1.78. The number of esters is 1. The number of nitrogens with one attached hydrogen (secondary N) is 1. The highest BCUT2D eigenvalue weighted by Gasteiger charge is 2.25. The van der Waals surface area contributed by atoms with E-state index in [2.05, 4.69) is 10.5 Å². The summed E-state index contributed by atoms with van der Waals surface area (Å²) in [5, 5.41) is 5.58. The molecule has 0 unspecified atom stereocenters. The molecule has 1 N–H and O–H groups in total. The molecule has 0 aliphatic heterocycles. The normalized spacial score (nSPS) is 10.5. The predicted octanol–water partition coefficient (Wildman–Crippen LogP) is 2.83. The summed E-state index contributed by atoms with van der Waals surface area (Å²) in [6, 6.07) is 1.36. The number of hydrogen-bond acceptors (Lipinski definition) is 5. The SMILES string of the molecule is CCOC(=O)c1c(C)noc1NC(=O)c1ccc(F)c(F)c1F. The number of nitrogens with zero attached hydrogens (tertiary/aromatic N) is 1. The molecule has 122 valence electrons. The summed E-state index contributed by atoms with van der Waals surface area (Å²) in [4.78, 5) is 23.7. The van der Waals surface area contributed by atoms with Gasteiger partial charge in [0.2, 0.25) is 5.88 Å². The fourth-order valence-electron chi connectivity index (χ4n) is 1.77. The highest BCUT2D eigenvalue weighted by molar-refractivity contribution is 6.07. The molecule has 1 aromatic heterocycles. The minimum Gasteiger partial charge on any atom is -0.462 e. The number of carbonyl (C=O) groups excluding carboxylic acids is 2. The number of ether oxygens (including phenoxy) is 1. The number of carbonyl (C=O) groups is 2. The monoisotopic (exact) mass is 328 g/mol.